The van der Waals surface area contributed by atoms with Crippen LogP contribution in [0.1, 0.15) is 110 Å². The second-order valence-electron chi connectivity index (χ2n) is 9.44. The van der Waals surface area contributed by atoms with E-state index < -0.39 is 0 Å². The molecule has 0 bridgehead atoms. The molecule has 0 unspecified atom stereocenters. The minimum atomic E-state index is -0.193. The molecule has 5 heteroatoms. The monoisotopic (exact) mass is 427 g/mol. The number of ether oxygens (including phenoxy) is 1. The molecular weight excluding hydrogens is 376 g/mol. The molecule has 0 aromatic rings. The van der Waals surface area contributed by atoms with Crippen LogP contribution in [0.25, 0.3) is 0 Å². The second kappa shape index (κ2) is 19.8. The van der Waals surface area contributed by atoms with Crippen molar-refractivity contribution >= 4 is 11.9 Å². The van der Waals surface area contributed by atoms with Crippen LogP contribution in [0.5, 0.6) is 0 Å². The molecule has 0 aliphatic carbocycles. The van der Waals surface area contributed by atoms with Crippen molar-refractivity contribution in [2.45, 2.75) is 110 Å². The lowest BCUT2D eigenvalue weighted by Crippen LogP contribution is -2.45. The summed E-state index contributed by atoms with van der Waals surface area (Å²) < 4.78 is 5.31. The minimum Gasteiger partial charge on any atom is -0.465 e. The maximum absolute atomic E-state index is 11.9. The fourth-order valence-corrected chi connectivity index (χ4v) is 3.80. The Hall–Kier alpha value is -1.10. The highest BCUT2D eigenvalue weighted by Gasteiger charge is 2.19. The van der Waals surface area contributed by atoms with Crippen molar-refractivity contribution in [3.8, 4) is 0 Å². The van der Waals surface area contributed by atoms with Crippen molar-refractivity contribution in [3.05, 3.63) is 0 Å². The van der Waals surface area contributed by atoms with E-state index in [2.05, 4.69) is 12.2 Å². The number of nitrogens with zero attached hydrogens (tertiary/aromatic N) is 1. The van der Waals surface area contributed by atoms with Gasteiger partial charge in [0.1, 0.15) is 0 Å². The number of hydrogen-bond donors (Lipinski definition) is 1. The molecule has 178 valence electrons. The zero-order chi connectivity index (χ0) is 22.5. The molecule has 0 aromatic carbocycles. The van der Waals surface area contributed by atoms with E-state index in [0.29, 0.717) is 24.0 Å². The summed E-state index contributed by atoms with van der Waals surface area (Å²) in [5.74, 6) is -0.0333. The molecule has 0 fully saturated rings. The van der Waals surface area contributed by atoms with Gasteiger partial charge >= 0.3 is 5.97 Å². The summed E-state index contributed by atoms with van der Waals surface area (Å²) in [4.78, 5) is 23.3. The van der Waals surface area contributed by atoms with Crippen LogP contribution in [0.15, 0.2) is 0 Å². The SMILES string of the molecule is CCCCCCCCCCCCCCCCC(=O)NCCC[N+](C)(C)CC(=O)OC. The molecule has 0 aliphatic rings. The molecule has 0 aromatic heterocycles. The summed E-state index contributed by atoms with van der Waals surface area (Å²) in [6, 6.07) is 0. The topological polar surface area (TPSA) is 55.4 Å². The Labute approximate surface area is 186 Å². The third-order valence-corrected chi connectivity index (χ3v) is 5.80. The Kier molecular flexibility index (Phi) is 19.1. The van der Waals surface area contributed by atoms with E-state index in [9.17, 15) is 9.59 Å². The fraction of sp³-hybridized carbons (Fsp3) is 0.920. The highest BCUT2D eigenvalue weighted by molar-refractivity contribution is 5.75. The van der Waals surface area contributed by atoms with Gasteiger partial charge in [-0.3, -0.25) is 4.79 Å². The van der Waals surface area contributed by atoms with Gasteiger partial charge in [-0.25, -0.2) is 4.79 Å². The van der Waals surface area contributed by atoms with Gasteiger partial charge in [0.25, 0.3) is 0 Å². The fourth-order valence-electron chi connectivity index (χ4n) is 3.80. The van der Waals surface area contributed by atoms with Crippen LogP contribution in [0, 0.1) is 0 Å². The third kappa shape index (κ3) is 20.2. The average molecular weight is 428 g/mol. The summed E-state index contributed by atoms with van der Waals surface area (Å²) >= 11 is 0. The minimum absolute atomic E-state index is 0.159. The predicted octanol–water partition coefficient (Wildman–Crippen LogP) is 5.61. The van der Waals surface area contributed by atoms with Crippen molar-refractivity contribution in [1.29, 1.82) is 0 Å². The lowest BCUT2D eigenvalue weighted by atomic mass is 10.0. The van der Waals surface area contributed by atoms with Gasteiger partial charge in [-0.15, -0.1) is 0 Å². The number of likely N-dealkylation sites (N-methyl/N-ethyl adjacent to an activating group) is 1. The molecule has 0 saturated carbocycles. The van der Waals surface area contributed by atoms with E-state index >= 15 is 0 Å². The number of nitrogens with one attached hydrogen (secondary N) is 1. The summed E-state index contributed by atoms with van der Waals surface area (Å²) in [6.07, 6.45) is 20.2. The maximum atomic E-state index is 11.9. The first-order chi connectivity index (χ1) is 14.4. The van der Waals surface area contributed by atoms with Gasteiger partial charge in [0.05, 0.1) is 27.7 Å². The normalized spacial score (nSPS) is 11.5. The molecule has 1 N–H and O–H groups in total. The van der Waals surface area contributed by atoms with Crippen LogP contribution in [0.4, 0.5) is 0 Å². The summed E-state index contributed by atoms with van der Waals surface area (Å²) in [6.45, 7) is 4.16. The van der Waals surface area contributed by atoms with Crippen LogP contribution in [-0.2, 0) is 14.3 Å². The van der Waals surface area contributed by atoms with Crippen LogP contribution in [0.2, 0.25) is 0 Å². The van der Waals surface area contributed by atoms with Gasteiger partial charge in [0.2, 0.25) is 5.91 Å². The molecule has 0 saturated heterocycles. The van der Waals surface area contributed by atoms with Crippen molar-refractivity contribution in [1.82, 2.24) is 5.32 Å². The lowest BCUT2D eigenvalue weighted by molar-refractivity contribution is -0.883. The molecule has 0 rings (SSSR count). The Bertz CT molecular complexity index is 425. The highest BCUT2D eigenvalue weighted by atomic mass is 16.5. The molecule has 0 spiro atoms. The van der Waals surface area contributed by atoms with Crippen LogP contribution >= 0.6 is 0 Å². The number of carbonyl (C=O) groups excluding carboxylic acids is 2. The van der Waals surface area contributed by atoms with E-state index in [0.717, 1.165) is 25.8 Å². The molecule has 0 radical (unpaired) electrons. The Balaban J connectivity index is 3.37. The molecule has 30 heavy (non-hydrogen) atoms. The second-order valence-corrected chi connectivity index (χ2v) is 9.44. The largest absolute Gasteiger partial charge is 0.465 e. The van der Waals surface area contributed by atoms with Crippen molar-refractivity contribution in [3.63, 3.8) is 0 Å². The predicted molar refractivity (Wildman–Crippen MR) is 126 cm³/mol. The lowest BCUT2D eigenvalue weighted by Gasteiger charge is -2.28. The number of methoxy groups -OCH3 is 1. The number of esters is 1. The first kappa shape index (κ1) is 28.9. The van der Waals surface area contributed by atoms with Gasteiger partial charge in [0.15, 0.2) is 6.54 Å². The number of unbranched alkanes of at least 4 members (excludes halogenated alkanes) is 13. The first-order valence-corrected chi connectivity index (χ1v) is 12.6. The van der Waals surface area contributed by atoms with E-state index in [-0.39, 0.29) is 11.9 Å². The van der Waals surface area contributed by atoms with E-state index in [1.54, 1.807) is 0 Å². The van der Waals surface area contributed by atoms with Gasteiger partial charge in [0, 0.05) is 19.4 Å². The Morgan fingerprint density at radius 3 is 1.67 bits per heavy atom. The number of carbonyl (C=O) groups is 2. The molecule has 0 aliphatic heterocycles. The molecular formula is C25H51N2O3+. The standard InChI is InChI=1S/C25H50N2O3/c1-5-6-7-8-9-10-11-12-13-14-15-16-17-18-20-24(28)26-21-19-22-27(2,3)23-25(29)30-4/h5-23H2,1-4H3/p+1. The third-order valence-electron chi connectivity index (χ3n) is 5.80. The molecule has 0 heterocycles. The van der Waals surface area contributed by atoms with Crippen LogP contribution < -0.4 is 5.32 Å². The quantitative estimate of drug-likeness (QED) is 0.147. The van der Waals surface area contributed by atoms with Crippen LogP contribution in [-0.4, -0.2) is 57.2 Å². The first-order valence-electron chi connectivity index (χ1n) is 12.6. The zero-order valence-electron chi connectivity index (χ0n) is 20.6. The zero-order valence-corrected chi connectivity index (χ0v) is 20.6. The van der Waals surface area contributed by atoms with Gasteiger partial charge < -0.3 is 14.5 Å². The van der Waals surface area contributed by atoms with Gasteiger partial charge in [-0.1, -0.05) is 90.4 Å². The summed E-state index contributed by atoms with van der Waals surface area (Å²) in [5.41, 5.74) is 0. The number of hydrogen-bond acceptors (Lipinski definition) is 3. The van der Waals surface area contributed by atoms with Crippen molar-refractivity contribution in [2.75, 3.05) is 40.8 Å². The Morgan fingerprint density at radius 1 is 0.733 bits per heavy atom. The van der Waals surface area contributed by atoms with E-state index in [1.807, 2.05) is 14.1 Å². The summed E-state index contributed by atoms with van der Waals surface area (Å²) in [5, 5.41) is 3.00. The number of amides is 1. The number of quaternary nitrogens is 1. The van der Waals surface area contributed by atoms with Crippen molar-refractivity contribution < 1.29 is 18.8 Å². The van der Waals surface area contributed by atoms with E-state index in [4.69, 9.17) is 4.74 Å². The van der Waals surface area contributed by atoms with Gasteiger partial charge in [-0.05, 0) is 6.42 Å². The molecule has 5 nitrogen and oxygen atoms in total. The van der Waals surface area contributed by atoms with Crippen LogP contribution in [0.3, 0.4) is 0 Å². The highest BCUT2D eigenvalue weighted by Crippen LogP contribution is 2.13. The molecule has 1 amide bonds. The molecule has 0 atom stereocenters. The Morgan fingerprint density at radius 2 is 1.20 bits per heavy atom. The van der Waals surface area contributed by atoms with Gasteiger partial charge in [-0.2, -0.15) is 0 Å². The number of rotatable bonds is 21. The smallest absolute Gasteiger partial charge is 0.361 e. The average Bonchev–Trinajstić information content (AvgIpc) is 2.71. The van der Waals surface area contributed by atoms with E-state index in [1.165, 1.54) is 84.2 Å². The maximum Gasteiger partial charge on any atom is 0.361 e. The van der Waals surface area contributed by atoms with Crippen molar-refractivity contribution in [2.24, 2.45) is 0 Å². The summed E-state index contributed by atoms with van der Waals surface area (Å²) in [7, 11) is 5.43.